The van der Waals surface area contributed by atoms with Crippen molar-refractivity contribution in [2.45, 2.75) is 0 Å². The summed E-state index contributed by atoms with van der Waals surface area (Å²) in [7, 11) is -3.30. The summed E-state index contributed by atoms with van der Waals surface area (Å²) in [5.74, 6) is 0.455. The molecule has 13 heavy (non-hydrogen) atoms. The van der Waals surface area contributed by atoms with E-state index >= 15 is 0 Å². The van der Waals surface area contributed by atoms with E-state index in [1.165, 1.54) is 12.5 Å². The van der Waals surface area contributed by atoms with Gasteiger partial charge in [-0.3, -0.25) is 0 Å². The standard InChI is InChI=1S/C6H7BrN2O3S/c1-13(10,11)9-8-4-6-5(7)2-3-12-6/h2-4,9H,1H3/b8-4+. The number of rotatable bonds is 3. The normalized spacial score (nSPS) is 12.2. The molecule has 0 saturated heterocycles. The summed E-state index contributed by atoms with van der Waals surface area (Å²) in [5, 5.41) is 3.46. The molecule has 1 rings (SSSR count). The monoisotopic (exact) mass is 266 g/mol. The molecule has 0 aliphatic carbocycles. The van der Waals surface area contributed by atoms with Gasteiger partial charge in [-0.05, 0) is 22.0 Å². The number of sulfonamides is 1. The second-order valence-electron chi connectivity index (χ2n) is 2.25. The summed E-state index contributed by atoms with van der Waals surface area (Å²) in [5.41, 5.74) is 0. The molecule has 0 amide bonds. The third kappa shape index (κ3) is 3.60. The van der Waals surface area contributed by atoms with Crippen molar-refractivity contribution >= 4 is 32.2 Å². The lowest BCUT2D eigenvalue weighted by Gasteiger charge is -1.92. The lowest BCUT2D eigenvalue weighted by molar-refractivity contribution is 0.558. The number of hydrogen-bond acceptors (Lipinski definition) is 4. The summed E-state index contributed by atoms with van der Waals surface area (Å²) < 4.78 is 26.8. The highest BCUT2D eigenvalue weighted by Gasteiger charge is 1.99. The van der Waals surface area contributed by atoms with Crippen molar-refractivity contribution in [1.82, 2.24) is 4.83 Å². The van der Waals surface area contributed by atoms with E-state index in [1.54, 1.807) is 6.07 Å². The van der Waals surface area contributed by atoms with Gasteiger partial charge in [0.15, 0.2) is 5.76 Å². The van der Waals surface area contributed by atoms with Gasteiger partial charge in [-0.25, -0.2) is 13.2 Å². The lowest BCUT2D eigenvalue weighted by atomic mass is 10.5. The van der Waals surface area contributed by atoms with Crippen LogP contribution < -0.4 is 4.83 Å². The van der Waals surface area contributed by atoms with Crippen LogP contribution in [0.4, 0.5) is 0 Å². The fraction of sp³-hybridized carbons (Fsp3) is 0.167. The van der Waals surface area contributed by atoms with Crippen LogP contribution in [0, 0.1) is 0 Å². The molecule has 0 spiro atoms. The number of nitrogens with one attached hydrogen (secondary N) is 1. The van der Waals surface area contributed by atoms with Crippen molar-refractivity contribution in [3.05, 3.63) is 22.6 Å². The molecule has 1 aromatic heterocycles. The van der Waals surface area contributed by atoms with Crippen molar-refractivity contribution in [2.24, 2.45) is 5.10 Å². The molecule has 1 heterocycles. The van der Waals surface area contributed by atoms with E-state index in [9.17, 15) is 8.42 Å². The molecule has 7 heteroatoms. The van der Waals surface area contributed by atoms with Gasteiger partial charge in [0.2, 0.25) is 10.0 Å². The number of nitrogens with zero attached hydrogens (tertiary/aromatic N) is 1. The summed E-state index contributed by atoms with van der Waals surface area (Å²) in [6, 6.07) is 1.68. The average molecular weight is 267 g/mol. The number of hydrazone groups is 1. The van der Waals surface area contributed by atoms with E-state index in [4.69, 9.17) is 4.42 Å². The maximum absolute atomic E-state index is 10.6. The Morgan fingerprint density at radius 1 is 1.69 bits per heavy atom. The number of halogens is 1. The Morgan fingerprint density at radius 3 is 2.85 bits per heavy atom. The summed E-state index contributed by atoms with van der Waals surface area (Å²) in [4.78, 5) is 1.95. The molecule has 1 aromatic rings. The Morgan fingerprint density at radius 2 is 2.38 bits per heavy atom. The highest BCUT2D eigenvalue weighted by atomic mass is 79.9. The predicted molar refractivity (Wildman–Crippen MR) is 52.0 cm³/mol. The van der Waals surface area contributed by atoms with Crippen molar-refractivity contribution in [2.75, 3.05) is 6.26 Å². The third-order valence-electron chi connectivity index (χ3n) is 1.05. The fourth-order valence-electron chi connectivity index (χ4n) is 0.578. The zero-order valence-corrected chi connectivity index (χ0v) is 9.09. The Kier molecular flexibility index (Phi) is 3.10. The van der Waals surface area contributed by atoms with Gasteiger partial charge in [0.05, 0.1) is 23.2 Å². The minimum atomic E-state index is -3.30. The first kappa shape index (κ1) is 10.3. The first-order chi connectivity index (χ1) is 5.99. The van der Waals surface area contributed by atoms with E-state index < -0.39 is 10.0 Å². The molecule has 0 unspecified atom stereocenters. The molecule has 72 valence electrons. The Bertz CT molecular complexity index is 409. The van der Waals surface area contributed by atoms with Crippen LogP contribution in [0.25, 0.3) is 0 Å². The largest absolute Gasteiger partial charge is 0.462 e. The SMILES string of the molecule is CS(=O)(=O)N/N=C/c1occc1Br. The van der Waals surface area contributed by atoms with Gasteiger partial charge in [0.1, 0.15) is 0 Å². The molecule has 5 nitrogen and oxygen atoms in total. The van der Waals surface area contributed by atoms with Crippen molar-refractivity contribution in [3.8, 4) is 0 Å². The van der Waals surface area contributed by atoms with Gasteiger partial charge in [0, 0.05) is 0 Å². The first-order valence-electron chi connectivity index (χ1n) is 3.22. The molecule has 0 saturated carbocycles. The molecule has 0 bridgehead atoms. The van der Waals surface area contributed by atoms with Gasteiger partial charge in [-0.15, -0.1) is 0 Å². The first-order valence-corrected chi connectivity index (χ1v) is 5.90. The number of furan rings is 1. The highest BCUT2D eigenvalue weighted by molar-refractivity contribution is 9.10. The zero-order valence-electron chi connectivity index (χ0n) is 6.69. The summed E-state index contributed by atoms with van der Waals surface area (Å²) in [6.45, 7) is 0. The summed E-state index contributed by atoms with van der Waals surface area (Å²) in [6.07, 6.45) is 3.75. The Balaban J connectivity index is 2.65. The molecule has 0 aliphatic rings. The van der Waals surface area contributed by atoms with Crippen LogP contribution >= 0.6 is 15.9 Å². The topological polar surface area (TPSA) is 71.7 Å². The van der Waals surface area contributed by atoms with E-state index in [1.807, 2.05) is 4.83 Å². The van der Waals surface area contributed by atoms with Gasteiger partial charge < -0.3 is 4.42 Å². The van der Waals surface area contributed by atoms with E-state index in [0.29, 0.717) is 10.2 Å². The van der Waals surface area contributed by atoms with Crippen LogP contribution in [-0.4, -0.2) is 20.9 Å². The summed E-state index contributed by atoms with van der Waals surface area (Å²) >= 11 is 3.18. The second-order valence-corrected chi connectivity index (χ2v) is 4.84. The van der Waals surface area contributed by atoms with Gasteiger partial charge in [-0.2, -0.15) is 5.10 Å². The highest BCUT2D eigenvalue weighted by Crippen LogP contribution is 2.14. The molecular formula is C6H7BrN2O3S. The molecular weight excluding hydrogens is 260 g/mol. The zero-order chi connectivity index (χ0) is 9.90. The third-order valence-corrected chi connectivity index (χ3v) is 2.14. The van der Waals surface area contributed by atoms with Crippen LogP contribution in [-0.2, 0) is 10.0 Å². The Hall–Kier alpha value is -0.820. The van der Waals surface area contributed by atoms with Crippen molar-refractivity contribution in [3.63, 3.8) is 0 Å². The van der Waals surface area contributed by atoms with Crippen molar-refractivity contribution in [1.29, 1.82) is 0 Å². The van der Waals surface area contributed by atoms with Crippen LogP contribution in [0.1, 0.15) is 5.76 Å². The minimum Gasteiger partial charge on any atom is -0.462 e. The van der Waals surface area contributed by atoms with Crippen LogP contribution in [0.3, 0.4) is 0 Å². The quantitative estimate of drug-likeness (QED) is 0.654. The average Bonchev–Trinajstić information content (AvgIpc) is 2.34. The Labute approximate surface area is 84.0 Å². The fourth-order valence-corrected chi connectivity index (χ4v) is 1.13. The van der Waals surface area contributed by atoms with E-state index in [0.717, 1.165) is 6.26 Å². The maximum atomic E-state index is 10.6. The van der Waals surface area contributed by atoms with Crippen LogP contribution in [0.15, 0.2) is 26.3 Å². The van der Waals surface area contributed by atoms with Gasteiger partial charge in [-0.1, -0.05) is 0 Å². The maximum Gasteiger partial charge on any atom is 0.244 e. The van der Waals surface area contributed by atoms with Crippen molar-refractivity contribution < 1.29 is 12.8 Å². The smallest absolute Gasteiger partial charge is 0.244 e. The molecule has 0 atom stereocenters. The molecule has 0 fully saturated rings. The van der Waals surface area contributed by atoms with Crippen LogP contribution in [0.5, 0.6) is 0 Å². The van der Waals surface area contributed by atoms with E-state index in [-0.39, 0.29) is 0 Å². The molecule has 0 radical (unpaired) electrons. The minimum absolute atomic E-state index is 0.455. The number of hydrogen-bond donors (Lipinski definition) is 1. The molecule has 0 aliphatic heterocycles. The molecule has 1 N–H and O–H groups in total. The van der Waals surface area contributed by atoms with Gasteiger partial charge >= 0.3 is 0 Å². The second kappa shape index (κ2) is 3.93. The van der Waals surface area contributed by atoms with Gasteiger partial charge in [0.25, 0.3) is 0 Å². The predicted octanol–water partition coefficient (Wildman–Crippen LogP) is 0.925. The van der Waals surface area contributed by atoms with E-state index in [2.05, 4.69) is 21.0 Å². The lowest BCUT2D eigenvalue weighted by Crippen LogP contribution is -2.15. The molecule has 0 aromatic carbocycles. The van der Waals surface area contributed by atoms with Crippen LogP contribution in [0.2, 0.25) is 0 Å².